The minimum Gasteiger partial charge on any atom is -0.335 e. The van der Waals surface area contributed by atoms with Crippen molar-refractivity contribution in [2.45, 2.75) is 38.9 Å². The van der Waals surface area contributed by atoms with Crippen LogP contribution in [0.3, 0.4) is 0 Å². The molecule has 2 aromatic rings. The summed E-state index contributed by atoms with van der Waals surface area (Å²) in [6.45, 7) is 5.34. The number of likely N-dealkylation sites (tertiary alicyclic amines) is 1. The van der Waals surface area contributed by atoms with Crippen LogP contribution in [0.25, 0.3) is 0 Å². The Hall–Kier alpha value is -1.63. The van der Waals surface area contributed by atoms with E-state index in [1.165, 1.54) is 5.56 Å². The summed E-state index contributed by atoms with van der Waals surface area (Å²) in [6, 6.07) is 8.13. The molecule has 0 atom stereocenters. The summed E-state index contributed by atoms with van der Waals surface area (Å²) in [4.78, 5) is 18.8. The Morgan fingerprint density at radius 3 is 2.68 bits per heavy atom. The molecule has 0 unspecified atom stereocenters. The fourth-order valence-electron chi connectivity index (χ4n) is 2.96. The zero-order valence-electron chi connectivity index (χ0n) is 14.3. The topological polar surface area (TPSA) is 57.3 Å². The Labute approximate surface area is 157 Å². The van der Waals surface area contributed by atoms with Crippen molar-refractivity contribution in [3.63, 3.8) is 0 Å². The van der Waals surface area contributed by atoms with Crippen molar-refractivity contribution >= 4 is 29.0 Å². The largest absolute Gasteiger partial charge is 0.335 e. The average Bonchev–Trinajstić information content (AvgIpc) is 3.02. The summed E-state index contributed by atoms with van der Waals surface area (Å²) >= 11 is 7.50. The first-order chi connectivity index (χ1) is 12.1. The predicted octanol–water partition coefficient (Wildman–Crippen LogP) is 3.57. The van der Waals surface area contributed by atoms with E-state index in [0.717, 1.165) is 48.2 Å². The van der Waals surface area contributed by atoms with E-state index < -0.39 is 0 Å². The Kier molecular flexibility index (Phi) is 6.29. The van der Waals surface area contributed by atoms with Crippen LogP contribution in [0, 0.1) is 6.92 Å². The van der Waals surface area contributed by atoms with Gasteiger partial charge in [-0.2, -0.15) is 0 Å². The van der Waals surface area contributed by atoms with Crippen molar-refractivity contribution in [1.82, 2.24) is 20.5 Å². The number of nitrogens with zero attached hydrogens (tertiary/aromatic N) is 2. The molecule has 1 fully saturated rings. The van der Waals surface area contributed by atoms with Crippen LogP contribution in [0.15, 0.2) is 29.6 Å². The molecule has 0 saturated carbocycles. The van der Waals surface area contributed by atoms with Crippen molar-refractivity contribution in [2.24, 2.45) is 0 Å². The number of urea groups is 1. The third-order valence-electron chi connectivity index (χ3n) is 4.31. The molecule has 2 heterocycles. The molecule has 1 aromatic heterocycles. The minimum atomic E-state index is -0.107. The fraction of sp³-hybridized carbons (Fsp3) is 0.444. The number of hydrogen-bond acceptors (Lipinski definition) is 4. The first kappa shape index (κ1) is 18.2. The van der Waals surface area contributed by atoms with Crippen molar-refractivity contribution in [2.75, 3.05) is 13.1 Å². The third-order valence-corrected chi connectivity index (χ3v) is 5.53. The van der Waals surface area contributed by atoms with Gasteiger partial charge in [0.15, 0.2) is 0 Å². The smallest absolute Gasteiger partial charge is 0.315 e. The number of carbonyl (C=O) groups excluding carboxylic acids is 1. The number of aromatic nitrogens is 1. The summed E-state index contributed by atoms with van der Waals surface area (Å²) in [5.74, 6) is 0. The molecule has 2 N–H and O–H groups in total. The summed E-state index contributed by atoms with van der Waals surface area (Å²) in [6.07, 6.45) is 1.94. The second-order valence-corrected chi connectivity index (χ2v) is 7.77. The molecule has 1 saturated heterocycles. The maximum absolute atomic E-state index is 12.0. The van der Waals surface area contributed by atoms with E-state index in [2.05, 4.69) is 32.7 Å². The maximum atomic E-state index is 12.0. The van der Waals surface area contributed by atoms with Gasteiger partial charge < -0.3 is 10.6 Å². The van der Waals surface area contributed by atoms with Crippen molar-refractivity contribution in [3.05, 3.63) is 50.9 Å². The van der Waals surface area contributed by atoms with Gasteiger partial charge >= 0.3 is 6.03 Å². The normalized spacial score (nSPS) is 15.9. The molecule has 0 aliphatic carbocycles. The molecule has 134 valence electrons. The Balaban J connectivity index is 1.37. The first-order valence-electron chi connectivity index (χ1n) is 8.50. The van der Waals surface area contributed by atoms with Gasteiger partial charge in [0.25, 0.3) is 0 Å². The van der Waals surface area contributed by atoms with Gasteiger partial charge in [0, 0.05) is 41.8 Å². The van der Waals surface area contributed by atoms with Crippen LogP contribution in [-0.4, -0.2) is 35.0 Å². The second-order valence-electron chi connectivity index (χ2n) is 6.39. The zero-order chi connectivity index (χ0) is 17.6. The van der Waals surface area contributed by atoms with Crippen LogP contribution in [0.5, 0.6) is 0 Å². The van der Waals surface area contributed by atoms with E-state index in [1.807, 2.05) is 24.4 Å². The zero-order valence-corrected chi connectivity index (χ0v) is 15.9. The molecule has 3 rings (SSSR count). The van der Waals surface area contributed by atoms with Gasteiger partial charge in [-0.15, -0.1) is 11.3 Å². The third kappa shape index (κ3) is 5.70. The van der Waals surface area contributed by atoms with E-state index in [4.69, 9.17) is 11.6 Å². The summed E-state index contributed by atoms with van der Waals surface area (Å²) in [5.41, 5.74) is 2.27. The molecule has 1 aliphatic rings. The number of piperidine rings is 1. The van der Waals surface area contributed by atoms with Gasteiger partial charge in [-0.1, -0.05) is 23.7 Å². The maximum Gasteiger partial charge on any atom is 0.315 e. The highest BCUT2D eigenvalue weighted by molar-refractivity contribution is 7.09. The van der Waals surface area contributed by atoms with Crippen molar-refractivity contribution < 1.29 is 4.79 Å². The molecule has 0 radical (unpaired) electrons. The van der Waals surface area contributed by atoms with Crippen LogP contribution < -0.4 is 10.6 Å². The highest BCUT2D eigenvalue weighted by Crippen LogP contribution is 2.16. The van der Waals surface area contributed by atoms with Gasteiger partial charge in [0.2, 0.25) is 0 Å². The quantitative estimate of drug-likeness (QED) is 0.836. The lowest BCUT2D eigenvalue weighted by molar-refractivity contribution is 0.186. The van der Waals surface area contributed by atoms with Gasteiger partial charge in [0.1, 0.15) is 5.01 Å². The standard InChI is InChI=1S/C18H23ClN4OS/c1-13-12-25-17(21-13)10-20-18(24)22-16-6-8-23(9-7-16)11-14-2-4-15(19)5-3-14/h2-5,12,16H,6-11H2,1H3,(H2,20,22,24). The lowest BCUT2D eigenvalue weighted by Crippen LogP contribution is -2.47. The number of benzene rings is 1. The minimum absolute atomic E-state index is 0.107. The molecule has 0 spiro atoms. The highest BCUT2D eigenvalue weighted by Gasteiger charge is 2.20. The predicted molar refractivity (Wildman–Crippen MR) is 102 cm³/mol. The van der Waals surface area contributed by atoms with Crippen LogP contribution in [-0.2, 0) is 13.1 Å². The molecule has 1 aliphatic heterocycles. The number of carbonyl (C=O) groups is 1. The molecular formula is C18H23ClN4OS. The molecule has 0 bridgehead atoms. The van der Waals surface area contributed by atoms with Crippen molar-refractivity contribution in [1.29, 1.82) is 0 Å². The van der Waals surface area contributed by atoms with Crippen LogP contribution >= 0.6 is 22.9 Å². The molecular weight excluding hydrogens is 356 g/mol. The van der Waals surface area contributed by atoms with E-state index in [9.17, 15) is 4.79 Å². The van der Waals surface area contributed by atoms with E-state index >= 15 is 0 Å². The number of thiazole rings is 1. The Morgan fingerprint density at radius 1 is 1.32 bits per heavy atom. The Morgan fingerprint density at radius 2 is 2.04 bits per heavy atom. The SMILES string of the molecule is Cc1csc(CNC(=O)NC2CCN(Cc3ccc(Cl)cc3)CC2)n1. The van der Waals surface area contributed by atoms with E-state index in [0.29, 0.717) is 6.54 Å². The lowest BCUT2D eigenvalue weighted by Gasteiger charge is -2.32. The van der Waals surface area contributed by atoms with Crippen LogP contribution in [0.4, 0.5) is 4.79 Å². The number of halogens is 1. The van der Waals surface area contributed by atoms with Crippen LogP contribution in [0.1, 0.15) is 29.1 Å². The average molecular weight is 379 g/mol. The lowest BCUT2D eigenvalue weighted by atomic mass is 10.0. The number of hydrogen-bond donors (Lipinski definition) is 2. The van der Waals surface area contributed by atoms with Gasteiger partial charge in [-0.3, -0.25) is 4.90 Å². The number of amides is 2. The highest BCUT2D eigenvalue weighted by atomic mass is 35.5. The number of nitrogens with one attached hydrogen (secondary N) is 2. The number of rotatable bonds is 5. The monoisotopic (exact) mass is 378 g/mol. The van der Waals surface area contributed by atoms with Crippen LogP contribution in [0.2, 0.25) is 5.02 Å². The summed E-state index contributed by atoms with van der Waals surface area (Å²) in [7, 11) is 0. The molecule has 7 heteroatoms. The summed E-state index contributed by atoms with van der Waals surface area (Å²) in [5, 5.41) is 9.65. The number of aryl methyl sites for hydroxylation is 1. The fourth-order valence-corrected chi connectivity index (χ4v) is 3.80. The van der Waals surface area contributed by atoms with Crippen molar-refractivity contribution in [3.8, 4) is 0 Å². The molecule has 1 aromatic carbocycles. The second kappa shape index (κ2) is 8.65. The molecule has 5 nitrogen and oxygen atoms in total. The van der Waals surface area contributed by atoms with Gasteiger partial charge in [0.05, 0.1) is 6.54 Å². The van der Waals surface area contributed by atoms with Gasteiger partial charge in [-0.25, -0.2) is 9.78 Å². The molecule has 25 heavy (non-hydrogen) atoms. The van der Waals surface area contributed by atoms with Gasteiger partial charge in [-0.05, 0) is 37.5 Å². The first-order valence-corrected chi connectivity index (χ1v) is 9.76. The summed E-state index contributed by atoms with van der Waals surface area (Å²) < 4.78 is 0. The molecule has 2 amide bonds. The Bertz CT molecular complexity index is 695. The van der Waals surface area contributed by atoms with E-state index in [-0.39, 0.29) is 12.1 Å². The van der Waals surface area contributed by atoms with E-state index in [1.54, 1.807) is 11.3 Å².